The summed E-state index contributed by atoms with van der Waals surface area (Å²) >= 11 is 0. The third-order valence-corrected chi connectivity index (χ3v) is 5.51. The smallest absolute Gasteiger partial charge is 0.236 e. The summed E-state index contributed by atoms with van der Waals surface area (Å²) < 4.78 is 5.71. The van der Waals surface area contributed by atoms with E-state index in [1.165, 1.54) is 6.42 Å². The van der Waals surface area contributed by atoms with Gasteiger partial charge in [-0.05, 0) is 60.7 Å². The quantitative estimate of drug-likeness (QED) is 0.784. The van der Waals surface area contributed by atoms with E-state index in [0.717, 1.165) is 13.1 Å². The summed E-state index contributed by atoms with van der Waals surface area (Å²) in [4.78, 5) is 19.1. The van der Waals surface area contributed by atoms with Crippen molar-refractivity contribution in [2.24, 2.45) is 5.92 Å². The number of rotatable bonds is 4. The first-order chi connectivity index (χ1) is 10.2. The van der Waals surface area contributed by atoms with Gasteiger partial charge in [0, 0.05) is 25.2 Å². The van der Waals surface area contributed by atoms with Gasteiger partial charge < -0.3 is 14.5 Å². The van der Waals surface area contributed by atoms with Crippen LogP contribution in [0.1, 0.15) is 34.1 Å². The van der Waals surface area contributed by atoms with Crippen molar-refractivity contribution in [3.8, 4) is 0 Å². The molecule has 0 aromatic carbocycles. The predicted molar refractivity (Wildman–Crippen MR) is 88.9 cm³/mol. The number of carbonyl (C=O) groups excluding carboxylic acids is 1. The van der Waals surface area contributed by atoms with Crippen LogP contribution in [0.2, 0.25) is 0 Å². The average Bonchev–Trinajstić information content (AvgIpc) is 2.64. The number of likely N-dealkylation sites (tertiary alicyclic amines) is 1. The largest absolute Gasteiger partial charge is 0.372 e. The summed E-state index contributed by atoms with van der Waals surface area (Å²) in [5, 5.41) is 0. The van der Waals surface area contributed by atoms with Crippen LogP contribution in [-0.2, 0) is 9.53 Å². The molecule has 2 aliphatic heterocycles. The van der Waals surface area contributed by atoms with E-state index < -0.39 is 0 Å². The first kappa shape index (κ1) is 17.7. The molecule has 2 fully saturated rings. The highest BCUT2D eigenvalue weighted by molar-refractivity contribution is 5.78. The number of nitrogens with zero attached hydrogens (tertiary/aromatic N) is 3. The van der Waals surface area contributed by atoms with Gasteiger partial charge in [0.2, 0.25) is 5.91 Å². The van der Waals surface area contributed by atoms with Crippen molar-refractivity contribution in [2.75, 3.05) is 46.8 Å². The van der Waals surface area contributed by atoms with Crippen LogP contribution in [0.5, 0.6) is 0 Å². The van der Waals surface area contributed by atoms with Gasteiger partial charge in [-0.1, -0.05) is 0 Å². The van der Waals surface area contributed by atoms with Gasteiger partial charge in [-0.15, -0.1) is 0 Å². The molecule has 1 amide bonds. The second kappa shape index (κ2) is 6.85. The molecule has 2 aliphatic rings. The van der Waals surface area contributed by atoms with Crippen molar-refractivity contribution >= 4 is 5.91 Å². The SMILES string of the molecule is C[C@@H]1CN(C(=O)CN(C)CC2CCN(C)C2(C)C)C[C@H](C)O1. The first-order valence-corrected chi connectivity index (χ1v) is 8.53. The number of ether oxygens (including phenoxy) is 1. The number of hydrogen-bond acceptors (Lipinski definition) is 4. The topological polar surface area (TPSA) is 36.0 Å². The predicted octanol–water partition coefficient (Wildman–Crippen LogP) is 1.28. The molecule has 22 heavy (non-hydrogen) atoms. The van der Waals surface area contributed by atoms with Crippen molar-refractivity contribution < 1.29 is 9.53 Å². The van der Waals surface area contributed by atoms with Crippen molar-refractivity contribution in [2.45, 2.75) is 51.9 Å². The van der Waals surface area contributed by atoms with E-state index in [2.05, 4.69) is 37.7 Å². The van der Waals surface area contributed by atoms with Crippen LogP contribution >= 0.6 is 0 Å². The summed E-state index contributed by atoms with van der Waals surface area (Å²) in [5.41, 5.74) is 0.222. The van der Waals surface area contributed by atoms with Crippen molar-refractivity contribution in [1.29, 1.82) is 0 Å². The van der Waals surface area contributed by atoms with Gasteiger partial charge in [0.25, 0.3) is 0 Å². The molecule has 0 saturated carbocycles. The Balaban J connectivity index is 1.84. The highest BCUT2D eigenvalue weighted by Crippen LogP contribution is 2.33. The third-order valence-electron chi connectivity index (χ3n) is 5.51. The number of morpholine rings is 1. The van der Waals surface area contributed by atoms with E-state index in [4.69, 9.17) is 4.74 Å². The summed E-state index contributed by atoms with van der Waals surface area (Å²) in [6, 6.07) is 0. The van der Waals surface area contributed by atoms with Crippen molar-refractivity contribution in [3.63, 3.8) is 0 Å². The van der Waals surface area contributed by atoms with Crippen LogP contribution in [0, 0.1) is 5.92 Å². The minimum Gasteiger partial charge on any atom is -0.372 e. The van der Waals surface area contributed by atoms with E-state index in [0.29, 0.717) is 25.6 Å². The zero-order valence-electron chi connectivity index (χ0n) is 15.1. The number of likely N-dealkylation sites (N-methyl/N-ethyl adjacent to an activating group) is 1. The third kappa shape index (κ3) is 4.00. The van der Waals surface area contributed by atoms with Crippen LogP contribution in [0.4, 0.5) is 0 Å². The molecule has 0 aromatic heterocycles. The molecule has 2 saturated heterocycles. The van der Waals surface area contributed by atoms with Crippen LogP contribution in [-0.4, -0.2) is 85.2 Å². The molecule has 0 radical (unpaired) electrons. The lowest BCUT2D eigenvalue weighted by atomic mass is 9.88. The lowest BCUT2D eigenvalue weighted by molar-refractivity contribution is -0.144. The number of carbonyl (C=O) groups is 1. The van der Waals surface area contributed by atoms with Gasteiger partial charge in [0.15, 0.2) is 0 Å². The maximum atomic E-state index is 12.5. The summed E-state index contributed by atoms with van der Waals surface area (Å²) in [6.45, 7) is 12.8. The Bertz CT molecular complexity index is 389. The fraction of sp³-hybridized carbons (Fsp3) is 0.941. The molecule has 0 spiro atoms. The Morgan fingerprint density at radius 1 is 1.27 bits per heavy atom. The normalized spacial score (nSPS) is 32.7. The van der Waals surface area contributed by atoms with Gasteiger partial charge in [-0.3, -0.25) is 9.69 Å². The lowest BCUT2D eigenvalue weighted by Crippen LogP contribution is -2.51. The maximum Gasteiger partial charge on any atom is 0.236 e. The average molecular weight is 311 g/mol. The molecule has 5 heteroatoms. The molecular formula is C17H33N3O2. The minimum atomic E-state index is 0.139. The number of amides is 1. The lowest BCUT2D eigenvalue weighted by Gasteiger charge is -2.37. The molecule has 0 bridgehead atoms. The van der Waals surface area contributed by atoms with E-state index in [9.17, 15) is 4.79 Å². The van der Waals surface area contributed by atoms with E-state index >= 15 is 0 Å². The molecular weight excluding hydrogens is 278 g/mol. The molecule has 128 valence electrons. The number of hydrogen-bond donors (Lipinski definition) is 0. The molecule has 0 N–H and O–H groups in total. The van der Waals surface area contributed by atoms with E-state index in [1.54, 1.807) is 0 Å². The molecule has 2 heterocycles. The van der Waals surface area contributed by atoms with E-state index in [-0.39, 0.29) is 23.7 Å². The molecule has 3 atom stereocenters. The van der Waals surface area contributed by atoms with Gasteiger partial charge in [-0.25, -0.2) is 0 Å². The second-order valence-electron chi connectivity index (χ2n) is 7.81. The van der Waals surface area contributed by atoms with Crippen LogP contribution < -0.4 is 0 Å². The molecule has 1 unspecified atom stereocenters. The fourth-order valence-electron chi connectivity index (χ4n) is 3.77. The highest BCUT2D eigenvalue weighted by Gasteiger charge is 2.39. The first-order valence-electron chi connectivity index (χ1n) is 8.53. The minimum absolute atomic E-state index is 0.139. The Labute approximate surface area is 135 Å². The molecule has 0 aromatic rings. The molecule has 0 aliphatic carbocycles. The zero-order chi connectivity index (χ0) is 16.5. The van der Waals surface area contributed by atoms with E-state index in [1.807, 2.05) is 18.7 Å². The van der Waals surface area contributed by atoms with Crippen LogP contribution in [0.25, 0.3) is 0 Å². The Morgan fingerprint density at radius 2 is 1.86 bits per heavy atom. The summed E-state index contributed by atoms with van der Waals surface area (Å²) in [5.74, 6) is 0.853. The van der Waals surface area contributed by atoms with Crippen LogP contribution in [0.15, 0.2) is 0 Å². The van der Waals surface area contributed by atoms with Gasteiger partial charge in [0.1, 0.15) is 0 Å². The van der Waals surface area contributed by atoms with Gasteiger partial charge >= 0.3 is 0 Å². The Hall–Kier alpha value is -0.650. The summed E-state index contributed by atoms with van der Waals surface area (Å²) in [7, 11) is 4.27. The monoisotopic (exact) mass is 311 g/mol. The standard InChI is InChI=1S/C17H33N3O2/c1-13-9-20(10-14(2)22-13)16(21)12-18(5)11-15-7-8-19(6)17(15,3)4/h13-15H,7-12H2,1-6H3/t13-,14+,15?. The highest BCUT2D eigenvalue weighted by atomic mass is 16.5. The van der Waals surface area contributed by atoms with Gasteiger partial charge in [0.05, 0.1) is 18.8 Å². The molecule has 2 rings (SSSR count). The van der Waals surface area contributed by atoms with Crippen LogP contribution in [0.3, 0.4) is 0 Å². The van der Waals surface area contributed by atoms with Crippen molar-refractivity contribution in [3.05, 3.63) is 0 Å². The maximum absolute atomic E-state index is 12.5. The summed E-state index contributed by atoms with van der Waals surface area (Å²) in [6.07, 6.45) is 1.49. The molecule has 5 nitrogen and oxygen atoms in total. The second-order valence-corrected chi connectivity index (χ2v) is 7.81. The van der Waals surface area contributed by atoms with Gasteiger partial charge in [-0.2, -0.15) is 0 Å². The van der Waals surface area contributed by atoms with Crippen molar-refractivity contribution in [1.82, 2.24) is 14.7 Å². The zero-order valence-corrected chi connectivity index (χ0v) is 15.1. The Kier molecular flexibility index (Phi) is 5.51. The fourth-order valence-corrected chi connectivity index (χ4v) is 3.77. The Morgan fingerprint density at radius 3 is 2.36 bits per heavy atom.